The highest BCUT2D eigenvalue weighted by atomic mass is 32.2. The van der Waals surface area contributed by atoms with Gasteiger partial charge in [-0.2, -0.15) is 0 Å². The molecule has 4 aromatic rings. The molecule has 0 fully saturated rings. The molecule has 0 radical (unpaired) electrons. The van der Waals surface area contributed by atoms with Crippen LogP contribution in [-0.4, -0.2) is 37.7 Å². The Kier molecular flexibility index (Phi) is 6.18. The normalized spacial score (nSPS) is 11.1. The zero-order valence-corrected chi connectivity index (χ0v) is 18.0. The van der Waals surface area contributed by atoms with E-state index in [1.54, 1.807) is 6.20 Å². The second-order valence-corrected chi connectivity index (χ2v) is 8.23. The molecule has 0 aliphatic rings. The molecule has 0 aliphatic heterocycles. The third-order valence-electron chi connectivity index (χ3n) is 5.06. The number of carbonyl (C=O) groups is 1. The number of aromatic nitrogens is 4. The van der Waals surface area contributed by atoms with Gasteiger partial charge >= 0.3 is 0 Å². The number of rotatable bonds is 8. The van der Waals surface area contributed by atoms with E-state index < -0.39 is 0 Å². The predicted octanol–water partition coefficient (Wildman–Crippen LogP) is 4.21. The third-order valence-corrected chi connectivity index (χ3v) is 6.03. The lowest BCUT2D eigenvalue weighted by Gasteiger charge is -2.10. The second-order valence-electron chi connectivity index (χ2n) is 7.29. The zero-order valence-electron chi connectivity index (χ0n) is 17.2. The fourth-order valence-electron chi connectivity index (χ4n) is 3.26. The van der Waals surface area contributed by atoms with Crippen LogP contribution in [-0.2, 0) is 11.2 Å². The number of carbonyl (C=O) groups excluding carboxylic acids is 1. The summed E-state index contributed by atoms with van der Waals surface area (Å²) in [5.74, 6) is 1.31. The second kappa shape index (κ2) is 9.17. The predicted molar refractivity (Wildman–Crippen MR) is 121 cm³/mol. The van der Waals surface area contributed by atoms with Gasteiger partial charge in [-0.3, -0.25) is 9.36 Å². The van der Waals surface area contributed by atoms with Crippen molar-refractivity contribution in [2.75, 3.05) is 12.3 Å². The van der Waals surface area contributed by atoms with Crippen molar-refractivity contribution in [2.24, 2.45) is 0 Å². The maximum Gasteiger partial charge on any atom is 0.230 e. The van der Waals surface area contributed by atoms with Crippen LogP contribution in [0.2, 0.25) is 0 Å². The maximum atomic E-state index is 12.2. The van der Waals surface area contributed by atoms with Crippen molar-refractivity contribution in [3.63, 3.8) is 0 Å². The van der Waals surface area contributed by atoms with E-state index >= 15 is 0 Å². The summed E-state index contributed by atoms with van der Waals surface area (Å²) in [6.45, 7) is 4.82. The number of thioether (sulfide) groups is 1. The molecule has 2 heterocycles. The zero-order chi connectivity index (χ0) is 20.9. The summed E-state index contributed by atoms with van der Waals surface area (Å²) in [6, 6.07) is 14.3. The first-order valence-corrected chi connectivity index (χ1v) is 11.0. The molecular formula is C23H25N5OS. The molecule has 0 saturated carbocycles. The first-order chi connectivity index (χ1) is 14.6. The van der Waals surface area contributed by atoms with Gasteiger partial charge in [0.05, 0.1) is 16.8 Å². The standard InChI is InChI=1S/C23H25N5OS/c1-16-9-10-18(14-17(16)2)28-13-12-25-23(28)30-15-22(29)24-11-5-8-21-26-19-6-3-4-7-20(19)27-21/h3-4,6-7,9-10,12-14H,5,8,11,15H2,1-2H3,(H,24,29)(H,26,27). The lowest BCUT2D eigenvalue weighted by molar-refractivity contribution is -0.118. The molecule has 154 valence electrons. The van der Waals surface area contributed by atoms with Gasteiger partial charge in [0, 0.05) is 31.0 Å². The Hall–Kier alpha value is -3.06. The third kappa shape index (κ3) is 4.74. The van der Waals surface area contributed by atoms with E-state index in [0.29, 0.717) is 12.3 Å². The monoisotopic (exact) mass is 419 g/mol. The number of para-hydroxylation sites is 2. The average molecular weight is 420 g/mol. The number of aryl methyl sites for hydroxylation is 3. The van der Waals surface area contributed by atoms with Crippen molar-refractivity contribution < 1.29 is 4.79 Å². The highest BCUT2D eigenvalue weighted by molar-refractivity contribution is 7.99. The lowest BCUT2D eigenvalue weighted by Crippen LogP contribution is -2.26. The van der Waals surface area contributed by atoms with Crippen LogP contribution in [0.3, 0.4) is 0 Å². The number of aromatic amines is 1. The number of nitrogens with one attached hydrogen (secondary N) is 2. The van der Waals surface area contributed by atoms with E-state index in [0.717, 1.165) is 40.5 Å². The van der Waals surface area contributed by atoms with Crippen molar-refractivity contribution in [3.8, 4) is 5.69 Å². The molecule has 2 aromatic carbocycles. The van der Waals surface area contributed by atoms with E-state index in [-0.39, 0.29) is 5.91 Å². The van der Waals surface area contributed by atoms with Gasteiger partial charge in [-0.25, -0.2) is 9.97 Å². The van der Waals surface area contributed by atoms with Gasteiger partial charge in [0.25, 0.3) is 0 Å². The molecule has 0 atom stereocenters. The number of imidazole rings is 2. The van der Waals surface area contributed by atoms with E-state index in [1.165, 1.54) is 22.9 Å². The van der Waals surface area contributed by atoms with Crippen molar-refractivity contribution >= 4 is 28.7 Å². The van der Waals surface area contributed by atoms with Crippen molar-refractivity contribution in [3.05, 3.63) is 71.8 Å². The number of hydrogen-bond donors (Lipinski definition) is 2. The van der Waals surface area contributed by atoms with E-state index in [4.69, 9.17) is 0 Å². The minimum Gasteiger partial charge on any atom is -0.355 e. The molecule has 0 spiro atoms. The molecule has 2 N–H and O–H groups in total. The molecule has 2 aromatic heterocycles. The van der Waals surface area contributed by atoms with Crippen LogP contribution >= 0.6 is 11.8 Å². The number of fused-ring (bicyclic) bond motifs is 1. The van der Waals surface area contributed by atoms with Crippen molar-refractivity contribution in [1.29, 1.82) is 0 Å². The summed E-state index contributed by atoms with van der Waals surface area (Å²) in [5.41, 5.74) is 5.58. The molecule has 0 saturated heterocycles. The smallest absolute Gasteiger partial charge is 0.230 e. The summed E-state index contributed by atoms with van der Waals surface area (Å²) >= 11 is 1.45. The molecular weight excluding hydrogens is 394 g/mol. The molecule has 4 rings (SSSR count). The molecule has 1 amide bonds. The largest absolute Gasteiger partial charge is 0.355 e. The SMILES string of the molecule is Cc1ccc(-n2ccnc2SCC(=O)NCCCc2nc3ccccc3[nH]2)cc1C. The fourth-order valence-corrected chi connectivity index (χ4v) is 4.06. The minimum atomic E-state index is 0.0132. The number of H-pyrrole nitrogens is 1. The van der Waals surface area contributed by atoms with E-state index in [9.17, 15) is 4.79 Å². The highest BCUT2D eigenvalue weighted by Crippen LogP contribution is 2.22. The summed E-state index contributed by atoms with van der Waals surface area (Å²) in [7, 11) is 0. The van der Waals surface area contributed by atoms with Crippen molar-refractivity contribution in [1.82, 2.24) is 24.8 Å². The number of benzene rings is 2. The Morgan fingerprint density at radius 2 is 2.03 bits per heavy atom. The Morgan fingerprint density at radius 3 is 2.87 bits per heavy atom. The van der Waals surface area contributed by atoms with Crippen molar-refractivity contribution in [2.45, 2.75) is 31.8 Å². The molecule has 30 heavy (non-hydrogen) atoms. The number of amides is 1. The summed E-state index contributed by atoms with van der Waals surface area (Å²) < 4.78 is 2.02. The van der Waals surface area contributed by atoms with Crippen LogP contribution in [0.5, 0.6) is 0 Å². The summed E-state index contributed by atoms with van der Waals surface area (Å²) in [4.78, 5) is 24.5. The van der Waals surface area contributed by atoms with Crippen LogP contribution in [0.15, 0.2) is 60.0 Å². The van der Waals surface area contributed by atoms with Gasteiger partial charge in [0.15, 0.2) is 5.16 Å². The fraction of sp³-hybridized carbons (Fsp3) is 0.261. The van der Waals surface area contributed by atoms with Gasteiger partial charge in [0.1, 0.15) is 5.82 Å². The van der Waals surface area contributed by atoms with Crippen LogP contribution < -0.4 is 5.32 Å². The lowest BCUT2D eigenvalue weighted by atomic mass is 10.1. The van der Waals surface area contributed by atoms with Crippen LogP contribution in [0, 0.1) is 13.8 Å². The quantitative estimate of drug-likeness (QED) is 0.331. The molecule has 0 aliphatic carbocycles. The topological polar surface area (TPSA) is 75.6 Å². The van der Waals surface area contributed by atoms with Crippen LogP contribution in [0.4, 0.5) is 0 Å². The Morgan fingerprint density at radius 1 is 1.17 bits per heavy atom. The Balaban J connectivity index is 1.24. The summed E-state index contributed by atoms with van der Waals surface area (Å²) in [6.07, 6.45) is 5.34. The molecule has 0 unspecified atom stereocenters. The Labute approximate surface area is 180 Å². The molecule has 0 bridgehead atoms. The minimum absolute atomic E-state index is 0.0132. The van der Waals surface area contributed by atoms with E-state index in [1.807, 2.05) is 35.0 Å². The van der Waals surface area contributed by atoms with Crippen LogP contribution in [0.1, 0.15) is 23.4 Å². The van der Waals surface area contributed by atoms with Gasteiger partial charge in [-0.1, -0.05) is 30.0 Å². The van der Waals surface area contributed by atoms with Gasteiger partial charge in [-0.05, 0) is 55.7 Å². The number of nitrogens with zero attached hydrogens (tertiary/aromatic N) is 3. The molecule has 6 nitrogen and oxygen atoms in total. The summed E-state index contributed by atoms with van der Waals surface area (Å²) in [5, 5.41) is 3.80. The number of hydrogen-bond acceptors (Lipinski definition) is 4. The Bertz CT molecular complexity index is 1130. The van der Waals surface area contributed by atoms with Gasteiger partial charge in [0.2, 0.25) is 5.91 Å². The van der Waals surface area contributed by atoms with Gasteiger partial charge in [-0.15, -0.1) is 0 Å². The average Bonchev–Trinajstić information content (AvgIpc) is 3.38. The first kappa shape index (κ1) is 20.2. The first-order valence-electron chi connectivity index (χ1n) is 10.0. The van der Waals surface area contributed by atoms with E-state index in [2.05, 4.69) is 52.3 Å². The maximum absolute atomic E-state index is 12.2. The van der Waals surface area contributed by atoms with Crippen LogP contribution in [0.25, 0.3) is 16.7 Å². The van der Waals surface area contributed by atoms with Gasteiger partial charge < -0.3 is 10.3 Å². The highest BCUT2D eigenvalue weighted by Gasteiger charge is 2.10. The molecule has 7 heteroatoms.